The number of carbonyl (C=O) groups excluding carboxylic acids is 1. The molecule has 1 aliphatic carbocycles. The van der Waals surface area contributed by atoms with Crippen LogP contribution in [-0.4, -0.2) is 12.5 Å². The summed E-state index contributed by atoms with van der Waals surface area (Å²) < 4.78 is 0. The van der Waals surface area contributed by atoms with Crippen LogP contribution in [0.25, 0.3) is 0 Å². The van der Waals surface area contributed by atoms with Crippen LogP contribution in [0.2, 0.25) is 0 Å². The van der Waals surface area contributed by atoms with Gasteiger partial charge in [0.1, 0.15) is 0 Å². The fourth-order valence-corrected chi connectivity index (χ4v) is 1.97. The molecule has 0 aliphatic heterocycles. The van der Waals surface area contributed by atoms with E-state index < -0.39 is 0 Å². The average molecular weight is 203 g/mol. The van der Waals surface area contributed by atoms with E-state index >= 15 is 0 Å². The van der Waals surface area contributed by atoms with Crippen molar-refractivity contribution < 1.29 is 4.79 Å². The molecule has 80 valence electrons. The molecule has 1 aliphatic rings. The number of amides is 1. The summed E-state index contributed by atoms with van der Waals surface area (Å²) in [7, 11) is 0. The predicted octanol–water partition coefficient (Wildman–Crippen LogP) is 2.10. The summed E-state index contributed by atoms with van der Waals surface area (Å²) in [6.07, 6.45) is 1.11. The van der Waals surface area contributed by atoms with Crippen molar-refractivity contribution in [3.05, 3.63) is 35.4 Å². The SMILES string of the molecule is CC(C)C(=O)NCC1Cc2ccccc21. The Bertz CT molecular complexity index is 371. The highest BCUT2D eigenvalue weighted by Crippen LogP contribution is 2.33. The van der Waals surface area contributed by atoms with Gasteiger partial charge in [0.15, 0.2) is 0 Å². The van der Waals surface area contributed by atoms with Crippen molar-refractivity contribution in [3.63, 3.8) is 0 Å². The Morgan fingerprint density at radius 1 is 1.47 bits per heavy atom. The lowest BCUT2D eigenvalue weighted by molar-refractivity contribution is -0.124. The van der Waals surface area contributed by atoms with Crippen molar-refractivity contribution in [1.29, 1.82) is 0 Å². The Hall–Kier alpha value is -1.31. The number of benzene rings is 1. The Kier molecular flexibility index (Phi) is 2.76. The molecule has 1 atom stereocenters. The van der Waals surface area contributed by atoms with E-state index in [0.29, 0.717) is 5.92 Å². The topological polar surface area (TPSA) is 29.1 Å². The largest absolute Gasteiger partial charge is 0.355 e. The van der Waals surface area contributed by atoms with Crippen molar-refractivity contribution >= 4 is 5.91 Å². The van der Waals surface area contributed by atoms with E-state index in [1.165, 1.54) is 11.1 Å². The minimum atomic E-state index is 0.0836. The molecule has 1 aromatic rings. The smallest absolute Gasteiger partial charge is 0.222 e. The van der Waals surface area contributed by atoms with E-state index in [1.807, 2.05) is 13.8 Å². The Labute approximate surface area is 90.7 Å². The van der Waals surface area contributed by atoms with E-state index in [0.717, 1.165) is 13.0 Å². The molecular formula is C13H17NO. The molecule has 1 amide bonds. The number of hydrogen-bond acceptors (Lipinski definition) is 1. The van der Waals surface area contributed by atoms with Crippen LogP contribution in [0.4, 0.5) is 0 Å². The van der Waals surface area contributed by atoms with Crippen LogP contribution in [0.15, 0.2) is 24.3 Å². The number of fused-ring (bicyclic) bond motifs is 1. The third kappa shape index (κ3) is 2.04. The minimum absolute atomic E-state index is 0.0836. The first kappa shape index (κ1) is 10.2. The van der Waals surface area contributed by atoms with Gasteiger partial charge < -0.3 is 5.32 Å². The zero-order valence-corrected chi connectivity index (χ0v) is 9.29. The second-order valence-corrected chi connectivity index (χ2v) is 4.50. The minimum Gasteiger partial charge on any atom is -0.355 e. The van der Waals surface area contributed by atoms with Gasteiger partial charge in [-0.2, -0.15) is 0 Å². The van der Waals surface area contributed by atoms with Crippen LogP contribution < -0.4 is 5.32 Å². The molecule has 15 heavy (non-hydrogen) atoms. The maximum atomic E-state index is 11.4. The van der Waals surface area contributed by atoms with Crippen LogP contribution in [0, 0.1) is 5.92 Å². The van der Waals surface area contributed by atoms with Gasteiger partial charge in [0.05, 0.1) is 0 Å². The molecule has 0 spiro atoms. The highest BCUT2D eigenvalue weighted by Gasteiger charge is 2.25. The third-order valence-electron chi connectivity index (χ3n) is 3.01. The quantitative estimate of drug-likeness (QED) is 0.800. The lowest BCUT2D eigenvalue weighted by Gasteiger charge is -2.30. The Morgan fingerprint density at radius 2 is 2.20 bits per heavy atom. The summed E-state index contributed by atoms with van der Waals surface area (Å²) in [4.78, 5) is 11.4. The summed E-state index contributed by atoms with van der Waals surface area (Å²) in [5.74, 6) is 0.767. The van der Waals surface area contributed by atoms with Crippen LogP contribution in [-0.2, 0) is 11.2 Å². The van der Waals surface area contributed by atoms with Gasteiger partial charge in [-0.05, 0) is 17.5 Å². The van der Waals surface area contributed by atoms with Gasteiger partial charge in [0.25, 0.3) is 0 Å². The predicted molar refractivity (Wildman–Crippen MR) is 60.7 cm³/mol. The van der Waals surface area contributed by atoms with Crippen LogP contribution in [0.3, 0.4) is 0 Å². The molecule has 2 nitrogen and oxygen atoms in total. The zero-order chi connectivity index (χ0) is 10.8. The molecule has 0 saturated heterocycles. The maximum Gasteiger partial charge on any atom is 0.222 e. The van der Waals surface area contributed by atoms with Crippen molar-refractivity contribution in [2.24, 2.45) is 5.92 Å². The van der Waals surface area contributed by atoms with Gasteiger partial charge in [-0.3, -0.25) is 4.79 Å². The lowest BCUT2D eigenvalue weighted by atomic mass is 9.77. The first-order valence-electron chi connectivity index (χ1n) is 5.54. The van der Waals surface area contributed by atoms with E-state index in [4.69, 9.17) is 0 Å². The number of carbonyl (C=O) groups is 1. The molecule has 0 fully saturated rings. The van der Waals surface area contributed by atoms with Crippen molar-refractivity contribution in [2.45, 2.75) is 26.2 Å². The molecule has 1 N–H and O–H groups in total. The molecule has 0 radical (unpaired) electrons. The molecule has 0 aromatic heterocycles. The fraction of sp³-hybridized carbons (Fsp3) is 0.462. The highest BCUT2D eigenvalue weighted by molar-refractivity contribution is 5.77. The van der Waals surface area contributed by atoms with Gasteiger partial charge in [-0.15, -0.1) is 0 Å². The molecule has 2 rings (SSSR count). The Morgan fingerprint density at radius 3 is 2.87 bits per heavy atom. The standard InChI is InChI=1S/C13H17NO/c1-9(2)13(15)14-8-11-7-10-5-3-4-6-12(10)11/h3-6,9,11H,7-8H2,1-2H3,(H,14,15). The molecule has 1 aromatic carbocycles. The van der Waals surface area contributed by atoms with E-state index in [2.05, 4.69) is 29.6 Å². The van der Waals surface area contributed by atoms with E-state index in [9.17, 15) is 4.79 Å². The van der Waals surface area contributed by atoms with Gasteiger partial charge in [0.2, 0.25) is 5.91 Å². The summed E-state index contributed by atoms with van der Waals surface area (Å²) >= 11 is 0. The van der Waals surface area contributed by atoms with Gasteiger partial charge >= 0.3 is 0 Å². The number of nitrogens with one attached hydrogen (secondary N) is 1. The average Bonchev–Trinajstić information content (AvgIpc) is 2.19. The van der Waals surface area contributed by atoms with Crippen LogP contribution in [0.5, 0.6) is 0 Å². The van der Waals surface area contributed by atoms with Crippen molar-refractivity contribution in [2.75, 3.05) is 6.54 Å². The number of rotatable bonds is 3. The summed E-state index contributed by atoms with van der Waals surface area (Å²) in [5, 5.41) is 2.99. The molecular weight excluding hydrogens is 186 g/mol. The summed E-state index contributed by atoms with van der Waals surface area (Å²) in [5.41, 5.74) is 2.84. The van der Waals surface area contributed by atoms with Crippen molar-refractivity contribution in [1.82, 2.24) is 5.32 Å². The maximum absolute atomic E-state index is 11.4. The zero-order valence-electron chi connectivity index (χ0n) is 9.29. The first-order valence-corrected chi connectivity index (χ1v) is 5.54. The second-order valence-electron chi connectivity index (χ2n) is 4.50. The van der Waals surface area contributed by atoms with Gasteiger partial charge in [0, 0.05) is 18.4 Å². The van der Waals surface area contributed by atoms with Crippen molar-refractivity contribution in [3.8, 4) is 0 Å². The van der Waals surface area contributed by atoms with Crippen LogP contribution in [0.1, 0.15) is 30.9 Å². The normalized spacial score (nSPS) is 18.2. The van der Waals surface area contributed by atoms with Crippen LogP contribution >= 0.6 is 0 Å². The van der Waals surface area contributed by atoms with E-state index in [1.54, 1.807) is 0 Å². The molecule has 0 bridgehead atoms. The van der Waals surface area contributed by atoms with Gasteiger partial charge in [-0.1, -0.05) is 38.1 Å². The molecule has 0 saturated carbocycles. The third-order valence-corrected chi connectivity index (χ3v) is 3.01. The summed E-state index contributed by atoms with van der Waals surface area (Å²) in [6.45, 7) is 4.63. The molecule has 0 heterocycles. The fourth-order valence-electron chi connectivity index (χ4n) is 1.97. The monoisotopic (exact) mass is 203 g/mol. The lowest BCUT2D eigenvalue weighted by Crippen LogP contribution is -2.35. The Balaban J connectivity index is 1.88. The van der Waals surface area contributed by atoms with Gasteiger partial charge in [-0.25, -0.2) is 0 Å². The number of hydrogen-bond donors (Lipinski definition) is 1. The van der Waals surface area contributed by atoms with E-state index in [-0.39, 0.29) is 11.8 Å². The first-order chi connectivity index (χ1) is 7.18. The molecule has 2 heteroatoms. The summed E-state index contributed by atoms with van der Waals surface area (Å²) in [6, 6.07) is 8.46. The highest BCUT2D eigenvalue weighted by atomic mass is 16.1. The molecule has 1 unspecified atom stereocenters. The second kappa shape index (κ2) is 4.05.